The number of nitrogens with zero attached hydrogens (tertiary/aromatic N) is 1. The van der Waals surface area contributed by atoms with Gasteiger partial charge in [0.05, 0.1) is 11.4 Å². The number of hydrogen-bond acceptors (Lipinski definition) is 2. The summed E-state index contributed by atoms with van der Waals surface area (Å²) in [5, 5.41) is 0. The van der Waals surface area contributed by atoms with E-state index in [1.807, 2.05) is 18.2 Å². The molecule has 3 nitrogen and oxygen atoms in total. The molecule has 1 aliphatic heterocycles. The highest BCUT2D eigenvalue weighted by Crippen LogP contribution is 2.27. The SMILES string of the molecule is CCC(C)c1cccc(N2CCCCS2(=O)=O)c1. The zero-order valence-electron chi connectivity index (χ0n) is 11.1. The first-order valence-electron chi connectivity index (χ1n) is 6.65. The smallest absolute Gasteiger partial charge is 0.235 e. The van der Waals surface area contributed by atoms with Crippen LogP contribution in [0.15, 0.2) is 24.3 Å². The van der Waals surface area contributed by atoms with Gasteiger partial charge in [-0.3, -0.25) is 4.31 Å². The molecule has 1 aromatic carbocycles. The second kappa shape index (κ2) is 5.31. The maximum absolute atomic E-state index is 12.1. The zero-order chi connectivity index (χ0) is 13.2. The van der Waals surface area contributed by atoms with E-state index in [1.54, 1.807) is 4.31 Å². The van der Waals surface area contributed by atoms with Gasteiger partial charge < -0.3 is 0 Å². The average Bonchev–Trinajstić information content (AvgIpc) is 2.37. The fraction of sp³-hybridized carbons (Fsp3) is 0.571. The van der Waals surface area contributed by atoms with E-state index in [4.69, 9.17) is 0 Å². The van der Waals surface area contributed by atoms with Crippen molar-refractivity contribution in [1.29, 1.82) is 0 Å². The van der Waals surface area contributed by atoms with Crippen molar-refractivity contribution in [2.75, 3.05) is 16.6 Å². The van der Waals surface area contributed by atoms with Crippen LogP contribution in [0.1, 0.15) is 44.6 Å². The Morgan fingerprint density at radius 1 is 1.33 bits per heavy atom. The molecule has 2 rings (SSSR count). The van der Waals surface area contributed by atoms with Crippen LogP contribution >= 0.6 is 0 Å². The summed E-state index contributed by atoms with van der Waals surface area (Å²) >= 11 is 0. The van der Waals surface area contributed by atoms with E-state index in [0.717, 1.165) is 24.9 Å². The fourth-order valence-corrected chi connectivity index (χ4v) is 3.93. The molecule has 1 saturated heterocycles. The first-order valence-corrected chi connectivity index (χ1v) is 8.26. The first kappa shape index (κ1) is 13.4. The summed E-state index contributed by atoms with van der Waals surface area (Å²) in [5.74, 6) is 0.748. The second-order valence-corrected chi connectivity index (χ2v) is 7.01. The molecule has 0 bridgehead atoms. The highest BCUT2D eigenvalue weighted by molar-refractivity contribution is 7.92. The van der Waals surface area contributed by atoms with Crippen molar-refractivity contribution < 1.29 is 8.42 Å². The van der Waals surface area contributed by atoms with Gasteiger partial charge in [0.25, 0.3) is 0 Å². The fourth-order valence-electron chi connectivity index (χ4n) is 2.30. The van der Waals surface area contributed by atoms with Crippen molar-refractivity contribution in [2.45, 2.75) is 39.0 Å². The molecule has 0 amide bonds. The molecule has 0 saturated carbocycles. The largest absolute Gasteiger partial charge is 0.270 e. The predicted octanol–water partition coefficient (Wildman–Crippen LogP) is 3.13. The van der Waals surface area contributed by atoms with Gasteiger partial charge in [-0.2, -0.15) is 0 Å². The minimum absolute atomic E-state index is 0.278. The molecule has 1 unspecified atom stereocenters. The lowest BCUT2D eigenvalue weighted by atomic mass is 9.98. The lowest BCUT2D eigenvalue weighted by Gasteiger charge is -2.28. The molecule has 1 aromatic rings. The van der Waals surface area contributed by atoms with Crippen LogP contribution in [0.2, 0.25) is 0 Å². The van der Waals surface area contributed by atoms with Gasteiger partial charge in [-0.05, 0) is 42.9 Å². The first-order chi connectivity index (χ1) is 8.54. The summed E-state index contributed by atoms with van der Waals surface area (Å²) in [4.78, 5) is 0. The molecular formula is C14H21NO2S. The number of hydrogen-bond donors (Lipinski definition) is 0. The normalized spacial score (nSPS) is 20.7. The Bertz CT molecular complexity index is 510. The Kier molecular flexibility index (Phi) is 3.95. The van der Waals surface area contributed by atoms with Gasteiger partial charge in [0.15, 0.2) is 0 Å². The molecule has 1 heterocycles. The van der Waals surface area contributed by atoms with Crippen LogP contribution in [0.4, 0.5) is 5.69 Å². The lowest BCUT2D eigenvalue weighted by molar-refractivity contribution is 0.574. The van der Waals surface area contributed by atoms with E-state index >= 15 is 0 Å². The Morgan fingerprint density at radius 3 is 2.78 bits per heavy atom. The maximum atomic E-state index is 12.1. The molecule has 1 aliphatic rings. The molecule has 0 aliphatic carbocycles. The van der Waals surface area contributed by atoms with Gasteiger partial charge in [-0.15, -0.1) is 0 Å². The molecule has 0 N–H and O–H groups in total. The molecule has 0 aromatic heterocycles. The number of anilines is 1. The summed E-state index contributed by atoms with van der Waals surface area (Å²) < 4.78 is 25.7. The second-order valence-electron chi connectivity index (χ2n) is 5.00. The highest BCUT2D eigenvalue weighted by atomic mass is 32.2. The summed E-state index contributed by atoms with van der Waals surface area (Å²) in [5.41, 5.74) is 2.04. The van der Waals surface area contributed by atoms with Crippen molar-refractivity contribution in [2.24, 2.45) is 0 Å². The Balaban J connectivity index is 2.33. The van der Waals surface area contributed by atoms with Gasteiger partial charge in [0.1, 0.15) is 0 Å². The summed E-state index contributed by atoms with van der Waals surface area (Å²) in [6.45, 7) is 4.94. The van der Waals surface area contributed by atoms with Crippen LogP contribution in [0, 0.1) is 0 Å². The monoisotopic (exact) mass is 267 g/mol. The molecular weight excluding hydrogens is 246 g/mol. The number of benzene rings is 1. The summed E-state index contributed by atoms with van der Waals surface area (Å²) in [7, 11) is -3.09. The third kappa shape index (κ3) is 2.69. The van der Waals surface area contributed by atoms with Crippen LogP contribution in [0.25, 0.3) is 0 Å². The van der Waals surface area contributed by atoms with Crippen LogP contribution in [-0.4, -0.2) is 20.7 Å². The van der Waals surface area contributed by atoms with Crippen LogP contribution < -0.4 is 4.31 Å². The van der Waals surface area contributed by atoms with E-state index in [1.165, 1.54) is 5.56 Å². The van der Waals surface area contributed by atoms with E-state index in [2.05, 4.69) is 19.9 Å². The highest BCUT2D eigenvalue weighted by Gasteiger charge is 2.26. The van der Waals surface area contributed by atoms with Crippen molar-refractivity contribution in [3.8, 4) is 0 Å². The minimum atomic E-state index is -3.09. The van der Waals surface area contributed by atoms with Crippen molar-refractivity contribution in [3.05, 3.63) is 29.8 Å². The molecule has 0 spiro atoms. The van der Waals surface area contributed by atoms with Gasteiger partial charge in [0.2, 0.25) is 10.0 Å². The van der Waals surface area contributed by atoms with Crippen molar-refractivity contribution >= 4 is 15.7 Å². The molecule has 100 valence electrons. The molecule has 18 heavy (non-hydrogen) atoms. The van der Waals surface area contributed by atoms with Gasteiger partial charge in [-0.25, -0.2) is 8.42 Å². The average molecular weight is 267 g/mol. The van der Waals surface area contributed by atoms with E-state index in [9.17, 15) is 8.42 Å². The third-order valence-electron chi connectivity index (χ3n) is 3.69. The number of rotatable bonds is 3. The molecule has 1 fully saturated rings. The van der Waals surface area contributed by atoms with Crippen LogP contribution in [0.3, 0.4) is 0 Å². The van der Waals surface area contributed by atoms with E-state index in [0.29, 0.717) is 12.5 Å². The van der Waals surface area contributed by atoms with Crippen LogP contribution in [-0.2, 0) is 10.0 Å². The summed E-state index contributed by atoms with van der Waals surface area (Å²) in [6.07, 6.45) is 2.80. The maximum Gasteiger partial charge on any atom is 0.235 e. The zero-order valence-corrected chi connectivity index (χ0v) is 11.9. The number of sulfonamides is 1. The predicted molar refractivity (Wildman–Crippen MR) is 75.5 cm³/mol. The van der Waals surface area contributed by atoms with E-state index in [-0.39, 0.29) is 5.75 Å². The Morgan fingerprint density at radius 2 is 2.11 bits per heavy atom. The Hall–Kier alpha value is -1.03. The van der Waals surface area contributed by atoms with Crippen molar-refractivity contribution in [3.63, 3.8) is 0 Å². The standard InChI is InChI=1S/C14H21NO2S/c1-3-12(2)13-7-6-8-14(11-13)15-9-4-5-10-18(15,16)17/h6-8,11-12H,3-5,9-10H2,1-2H3. The van der Waals surface area contributed by atoms with Gasteiger partial charge in [0, 0.05) is 6.54 Å². The molecule has 4 heteroatoms. The van der Waals surface area contributed by atoms with E-state index < -0.39 is 10.0 Å². The topological polar surface area (TPSA) is 37.4 Å². The van der Waals surface area contributed by atoms with Crippen LogP contribution in [0.5, 0.6) is 0 Å². The van der Waals surface area contributed by atoms with Crippen molar-refractivity contribution in [1.82, 2.24) is 0 Å². The third-order valence-corrected chi connectivity index (χ3v) is 5.56. The summed E-state index contributed by atoms with van der Waals surface area (Å²) in [6, 6.07) is 7.96. The Labute approximate surface area is 110 Å². The van der Waals surface area contributed by atoms with Gasteiger partial charge in [-0.1, -0.05) is 26.0 Å². The molecule has 0 radical (unpaired) electrons. The van der Waals surface area contributed by atoms with Gasteiger partial charge >= 0.3 is 0 Å². The molecule has 1 atom stereocenters. The lowest BCUT2D eigenvalue weighted by Crippen LogP contribution is -2.37. The quantitative estimate of drug-likeness (QED) is 0.843. The minimum Gasteiger partial charge on any atom is -0.270 e.